The smallest absolute Gasteiger partial charge is 0.147 e. The van der Waals surface area contributed by atoms with Gasteiger partial charge in [0.1, 0.15) is 5.82 Å². The molecule has 0 radical (unpaired) electrons. The summed E-state index contributed by atoms with van der Waals surface area (Å²) in [6.07, 6.45) is 8.62. The molecule has 0 saturated carbocycles. The van der Waals surface area contributed by atoms with Crippen molar-refractivity contribution in [2.45, 2.75) is 38.7 Å². The first-order chi connectivity index (χ1) is 7.86. The number of hydrogen-bond acceptors (Lipinski definition) is 4. The predicted octanol–water partition coefficient (Wildman–Crippen LogP) is 2.16. The summed E-state index contributed by atoms with van der Waals surface area (Å²) in [5.41, 5.74) is 0.951. The largest absolute Gasteiger partial charge is 0.378 e. The predicted molar refractivity (Wildman–Crippen MR) is 63.5 cm³/mol. The normalized spacial score (nSPS) is 20.7. The topological polar surface area (TPSA) is 47.0 Å². The molecule has 4 nitrogen and oxygen atoms in total. The van der Waals surface area contributed by atoms with Crippen molar-refractivity contribution in [3.05, 3.63) is 18.1 Å². The van der Waals surface area contributed by atoms with E-state index in [1.807, 2.05) is 6.92 Å². The van der Waals surface area contributed by atoms with E-state index in [4.69, 9.17) is 4.74 Å². The van der Waals surface area contributed by atoms with Crippen LogP contribution >= 0.6 is 0 Å². The van der Waals surface area contributed by atoms with Crippen LogP contribution in [-0.2, 0) is 4.74 Å². The molecule has 1 unspecified atom stereocenters. The van der Waals surface area contributed by atoms with Crippen LogP contribution in [0.25, 0.3) is 0 Å². The van der Waals surface area contributed by atoms with Crippen LogP contribution in [0.5, 0.6) is 0 Å². The summed E-state index contributed by atoms with van der Waals surface area (Å²) in [6, 6.07) is 0. The van der Waals surface area contributed by atoms with Crippen LogP contribution in [0.3, 0.4) is 0 Å². The lowest BCUT2D eigenvalue weighted by molar-refractivity contribution is 0.0134. The minimum atomic E-state index is 0.429. The Bertz CT molecular complexity index is 324. The molecule has 1 saturated heterocycles. The number of nitrogens with one attached hydrogen (secondary N) is 1. The third-order valence-electron chi connectivity index (χ3n) is 2.91. The van der Waals surface area contributed by atoms with Crippen molar-refractivity contribution in [1.82, 2.24) is 9.97 Å². The molecule has 1 fully saturated rings. The van der Waals surface area contributed by atoms with Gasteiger partial charge in [-0.3, -0.25) is 4.98 Å². The zero-order valence-corrected chi connectivity index (χ0v) is 9.78. The maximum Gasteiger partial charge on any atom is 0.147 e. The Hall–Kier alpha value is -1.16. The summed E-state index contributed by atoms with van der Waals surface area (Å²) < 4.78 is 5.67. The van der Waals surface area contributed by atoms with Crippen LogP contribution in [-0.4, -0.2) is 29.2 Å². The molecule has 0 amide bonds. The van der Waals surface area contributed by atoms with Crippen LogP contribution in [0.15, 0.2) is 12.4 Å². The highest BCUT2D eigenvalue weighted by Gasteiger charge is 2.13. The number of hydrogen-bond donors (Lipinski definition) is 1. The molecule has 1 atom stereocenters. The summed E-state index contributed by atoms with van der Waals surface area (Å²) in [5, 5.41) is 3.31. The van der Waals surface area contributed by atoms with Gasteiger partial charge < -0.3 is 10.1 Å². The lowest BCUT2D eigenvalue weighted by Crippen LogP contribution is -2.22. The highest BCUT2D eigenvalue weighted by atomic mass is 16.5. The number of ether oxygens (including phenoxy) is 1. The Labute approximate surface area is 96.4 Å². The molecule has 4 heteroatoms. The van der Waals surface area contributed by atoms with Crippen LogP contribution in [0.1, 0.15) is 31.4 Å². The number of aryl methyl sites for hydroxylation is 1. The Balaban J connectivity index is 1.73. The van der Waals surface area contributed by atoms with Gasteiger partial charge in [-0.05, 0) is 32.6 Å². The van der Waals surface area contributed by atoms with Crippen molar-refractivity contribution in [2.24, 2.45) is 0 Å². The zero-order valence-electron chi connectivity index (χ0n) is 9.78. The lowest BCUT2D eigenvalue weighted by atomic mass is 10.1. The first-order valence-electron chi connectivity index (χ1n) is 5.99. The van der Waals surface area contributed by atoms with Gasteiger partial charge >= 0.3 is 0 Å². The molecule has 1 aliphatic heterocycles. The monoisotopic (exact) mass is 221 g/mol. The van der Waals surface area contributed by atoms with Crippen molar-refractivity contribution in [3.63, 3.8) is 0 Å². The van der Waals surface area contributed by atoms with Crippen molar-refractivity contribution < 1.29 is 4.74 Å². The van der Waals surface area contributed by atoms with Gasteiger partial charge in [-0.15, -0.1) is 0 Å². The van der Waals surface area contributed by atoms with E-state index in [9.17, 15) is 0 Å². The van der Waals surface area contributed by atoms with Gasteiger partial charge in [0.15, 0.2) is 0 Å². The fraction of sp³-hybridized carbons (Fsp3) is 0.667. The van der Waals surface area contributed by atoms with Gasteiger partial charge in [-0.1, -0.05) is 0 Å². The molecule has 2 rings (SSSR count). The Morgan fingerprint density at radius 1 is 1.38 bits per heavy atom. The van der Waals surface area contributed by atoms with E-state index in [1.165, 1.54) is 19.3 Å². The minimum absolute atomic E-state index is 0.429. The van der Waals surface area contributed by atoms with E-state index in [2.05, 4.69) is 15.3 Å². The molecule has 1 N–H and O–H groups in total. The summed E-state index contributed by atoms with van der Waals surface area (Å²) >= 11 is 0. The number of anilines is 1. The van der Waals surface area contributed by atoms with Crippen molar-refractivity contribution in [3.8, 4) is 0 Å². The third-order valence-corrected chi connectivity index (χ3v) is 2.91. The highest BCUT2D eigenvalue weighted by molar-refractivity contribution is 5.37. The van der Waals surface area contributed by atoms with E-state index in [-0.39, 0.29) is 0 Å². The number of rotatable bonds is 4. The van der Waals surface area contributed by atoms with E-state index >= 15 is 0 Å². The molecule has 0 bridgehead atoms. The lowest BCUT2D eigenvalue weighted by Gasteiger charge is -2.22. The molecule has 1 aromatic heterocycles. The number of aromatic nitrogens is 2. The Morgan fingerprint density at radius 2 is 2.25 bits per heavy atom. The molecular weight excluding hydrogens is 202 g/mol. The van der Waals surface area contributed by atoms with Crippen molar-refractivity contribution in [2.75, 3.05) is 18.5 Å². The van der Waals surface area contributed by atoms with Crippen molar-refractivity contribution >= 4 is 5.82 Å². The van der Waals surface area contributed by atoms with Gasteiger partial charge in [0.05, 0.1) is 11.8 Å². The van der Waals surface area contributed by atoms with Gasteiger partial charge in [0.2, 0.25) is 0 Å². The second-order valence-electron chi connectivity index (χ2n) is 4.19. The fourth-order valence-electron chi connectivity index (χ4n) is 1.97. The summed E-state index contributed by atoms with van der Waals surface area (Å²) in [6.45, 7) is 3.80. The molecule has 16 heavy (non-hydrogen) atoms. The Kier molecular flexibility index (Phi) is 4.10. The molecule has 1 aromatic rings. The van der Waals surface area contributed by atoms with Crippen LogP contribution in [0, 0.1) is 6.92 Å². The van der Waals surface area contributed by atoms with Gasteiger partial charge in [-0.25, -0.2) is 4.98 Å². The molecular formula is C12H19N3O. The zero-order chi connectivity index (χ0) is 11.2. The second kappa shape index (κ2) is 5.80. The molecule has 88 valence electrons. The average Bonchev–Trinajstić information content (AvgIpc) is 2.33. The SMILES string of the molecule is Cc1nccnc1NCCC1CCCCO1. The quantitative estimate of drug-likeness (QED) is 0.846. The van der Waals surface area contributed by atoms with Gasteiger partial charge in [0, 0.05) is 25.5 Å². The van der Waals surface area contributed by atoms with E-state index < -0.39 is 0 Å². The molecule has 0 spiro atoms. The maximum absolute atomic E-state index is 5.67. The van der Waals surface area contributed by atoms with Crippen LogP contribution in [0.4, 0.5) is 5.82 Å². The van der Waals surface area contributed by atoms with Gasteiger partial charge in [0.25, 0.3) is 0 Å². The van der Waals surface area contributed by atoms with E-state index in [0.29, 0.717) is 6.10 Å². The average molecular weight is 221 g/mol. The highest BCUT2D eigenvalue weighted by Crippen LogP contribution is 2.15. The molecule has 1 aliphatic rings. The number of nitrogens with zero attached hydrogens (tertiary/aromatic N) is 2. The van der Waals surface area contributed by atoms with Crippen LogP contribution in [0.2, 0.25) is 0 Å². The van der Waals surface area contributed by atoms with E-state index in [1.54, 1.807) is 12.4 Å². The summed E-state index contributed by atoms with van der Waals surface area (Å²) in [7, 11) is 0. The third kappa shape index (κ3) is 3.17. The first-order valence-corrected chi connectivity index (χ1v) is 5.99. The molecule has 0 aliphatic carbocycles. The standard InChI is InChI=1S/C12H19N3O/c1-10-12(15-8-7-13-10)14-6-5-11-4-2-3-9-16-11/h7-8,11H,2-6,9H2,1H3,(H,14,15). The van der Waals surface area contributed by atoms with Crippen molar-refractivity contribution in [1.29, 1.82) is 0 Å². The Morgan fingerprint density at radius 3 is 3.00 bits per heavy atom. The van der Waals surface area contributed by atoms with Crippen LogP contribution < -0.4 is 5.32 Å². The summed E-state index contributed by atoms with van der Waals surface area (Å²) in [5.74, 6) is 0.887. The minimum Gasteiger partial charge on any atom is -0.378 e. The first kappa shape index (κ1) is 11.3. The second-order valence-corrected chi connectivity index (χ2v) is 4.19. The molecule has 2 heterocycles. The van der Waals surface area contributed by atoms with Gasteiger partial charge in [-0.2, -0.15) is 0 Å². The fourth-order valence-corrected chi connectivity index (χ4v) is 1.97. The maximum atomic E-state index is 5.67. The summed E-state index contributed by atoms with van der Waals surface area (Å²) in [4.78, 5) is 8.43. The van der Waals surface area contributed by atoms with E-state index in [0.717, 1.165) is 31.1 Å². The molecule has 0 aromatic carbocycles.